The molecule has 2 aromatic rings. The van der Waals surface area contributed by atoms with E-state index in [1.165, 1.54) is 0 Å². The fourth-order valence-electron chi connectivity index (χ4n) is 1.58. The van der Waals surface area contributed by atoms with Gasteiger partial charge in [0.25, 0.3) is 0 Å². The van der Waals surface area contributed by atoms with Crippen LogP contribution in [0.1, 0.15) is 18.4 Å². The largest absolute Gasteiger partial charge is 0.463 e. The molecule has 1 unspecified atom stereocenters. The predicted molar refractivity (Wildman–Crippen MR) is 58.4 cm³/mol. The standard InChI is InChI=1S/C11H15N3O/c1-7(12)6-10-13-8(2)11(14-10)9-4-3-5-15-9/h3-5,7H,6,12H2,1-2H3,(H,13,14). The van der Waals surface area contributed by atoms with E-state index >= 15 is 0 Å². The molecule has 4 nitrogen and oxygen atoms in total. The quantitative estimate of drug-likeness (QED) is 0.803. The van der Waals surface area contributed by atoms with Gasteiger partial charge in [0.15, 0.2) is 5.76 Å². The molecule has 15 heavy (non-hydrogen) atoms. The van der Waals surface area contributed by atoms with Crippen molar-refractivity contribution in [1.29, 1.82) is 0 Å². The molecule has 80 valence electrons. The minimum Gasteiger partial charge on any atom is -0.463 e. The van der Waals surface area contributed by atoms with Crippen molar-refractivity contribution in [2.24, 2.45) is 5.73 Å². The molecule has 0 amide bonds. The Bertz CT molecular complexity index is 429. The van der Waals surface area contributed by atoms with Gasteiger partial charge >= 0.3 is 0 Å². The average molecular weight is 205 g/mol. The highest BCUT2D eigenvalue weighted by Gasteiger charge is 2.11. The van der Waals surface area contributed by atoms with Gasteiger partial charge in [-0.15, -0.1) is 0 Å². The summed E-state index contributed by atoms with van der Waals surface area (Å²) in [5, 5.41) is 0. The maximum atomic E-state index is 5.72. The number of nitrogens with two attached hydrogens (primary N) is 1. The SMILES string of the molecule is Cc1[nH]c(CC(C)N)nc1-c1ccco1. The van der Waals surface area contributed by atoms with Crippen LogP contribution in [0.15, 0.2) is 22.8 Å². The van der Waals surface area contributed by atoms with Crippen molar-refractivity contribution in [3.63, 3.8) is 0 Å². The van der Waals surface area contributed by atoms with E-state index in [2.05, 4.69) is 9.97 Å². The normalized spacial score (nSPS) is 13.0. The van der Waals surface area contributed by atoms with E-state index in [-0.39, 0.29) is 6.04 Å². The molecule has 0 aliphatic rings. The zero-order valence-electron chi connectivity index (χ0n) is 8.95. The fraction of sp³-hybridized carbons (Fsp3) is 0.364. The van der Waals surface area contributed by atoms with Gasteiger partial charge in [-0.3, -0.25) is 0 Å². The van der Waals surface area contributed by atoms with Gasteiger partial charge in [0.1, 0.15) is 11.5 Å². The van der Waals surface area contributed by atoms with E-state index in [4.69, 9.17) is 10.2 Å². The van der Waals surface area contributed by atoms with Gasteiger partial charge in [0.05, 0.1) is 6.26 Å². The first-order chi connectivity index (χ1) is 7.16. The Hall–Kier alpha value is -1.55. The zero-order valence-corrected chi connectivity index (χ0v) is 8.95. The van der Waals surface area contributed by atoms with Gasteiger partial charge in [-0.1, -0.05) is 0 Å². The van der Waals surface area contributed by atoms with Gasteiger partial charge < -0.3 is 15.1 Å². The van der Waals surface area contributed by atoms with Gasteiger partial charge in [-0.25, -0.2) is 4.98 Å². The van der Waals surface area contributed by atoms with Gasteiger partial charge in [-0.2, -0.15) is 0 Å². The summed E-state index contributed by atoms with van der Waals surface area (Å²) in [6, 6.07) is 3.87. The molecule has 2 heterocycles. The lowest BCUT2D eigenvalue weighted by molar-refractivity contribution is 0.579. The van der Waals surface area contributed by atoms with Gasteiger partial charge in [-0.05, 0) is 26.0 Å². The van der Waals surface area contributed by atoms with Crippen LogP contribution < -0.4 is 5.73 Å². The van der Waals surface area contributed by atoms with Crippen molar-refractivity contribution < 1.29 is 4.42 Å². The van der Waals surface area contributed by atoms with Gasteiger partial charge in [0.2, 0.25) is 0 Å². The predicted octanol–water partition coefficient (Wildman–Crippen LogP) is 1.87. The van der Waals surface area contributed by atoms with Crippen molar-refractivity contribution in [3.8, 4) is 11.5 Å². The second-order valence-electron chi connectivity index (χ2n) is 3.82. The third-order valence-electron chi connectivity index (χ3n) is 2.20. The van der Waals surface area contributed by atoms with Crippen molar-refractivity contribution >= 4 is 0 Å². The van der Waals surface area contributed by atoms with Crippen molar-refractivity contribution in [3.05, 3.63) is 29.9 Å². The molecule has 3 N–H and O–H groups in total. The molecule has 2 aromatic heterocycles. The lowest BCUT2D eigenvalue weighted by Gasteiger charge is -1.99. The number of aromatic amines is 1. The molecule has 0 aliphatic heterocycles. The summed E-state index contributed by atoms with van der Waals surface area (Å²) in [6.07, 6.45) is 2.40. The molecule has 1 atom stereocenters. The Kier molecular flexibility index (Phi) is 2.60. The summed E-state index contributed by atoms with van der Waals surface area (Å²) >= 11 is 0. The third-order valence-corrected chi connectivity index (χ3v) is 2.20. The van der Waals surface area contributed by atoms with Crippen molar-refractivity contribution in [1.82, 2.24) is 9.97 Å². The molecular formula is C11H15N3O. The monoisotopic (exact) mass is 205 g/mol. The van der Waals surface area contributed by atoms with Crippen LogP contribution in [0.3, 0.4) is 0 Å². The maximum absolute atomic E-state index is 5.72. The lowest BCUT2D eigenvalue weighted by Crippen LogP contribution is -2.18. The molecule has 2 rings (SSSR count). The number of hydrogen-bond donors (Lipinski definition) is 2. The molecule has 0 bridgehead atoms. The zero-order chi connectivity index (χ0) is 10.8. The summed E-state index contributed by atoms with van der Waals surface area (Å²) < 4.78 is 5.30. The van der Waals surface area contributed by atoms with E-state index in [1.54, 1.807) is 6.26 Å². The Morgan fingerprint density at radius 3 is 3.00 bits per heavy atom. The summed E-state index contributed by atoms with van der Waals surface area (Å²) in [7, 11) is 0. The highest BCUT2D eigenvalue weighted by atomic mass is 16.3. The van der Waals surface area contributed by atoms with E-state index < -0.39 is 0 Å². The molecule has 0 saturated carbocycles. The van der Waals surface area contributed by atoms with Crippen molar-refractivity contribution in [2.75, 3.05) is 0 Å². The summed E-state index contributed by atoms with van der Waals surface area (Å²) in [6.45, 7) is 3.94. The Labute approximate surface area is 88.5 Å². The van der Waals surface area contributed by atoms with Crippen LogP contribution in [-0.4, -0.2) is 16.0 Å². The minimum atomic E-state index is 0.111. The first-order valence-corrected chi connectivity index (χ1v) is 5.01. The molecule has 0 aliphatic carbocycles. The fourth-order valence-corrected chi connectivity index (χ4v) is 1.58. The van der Waals surface area contributed by atoms with Crippen molar-refractivity contribution in [2.45, 2.75) is 26.3 Å². The number of nitrogens with one attached hydrogen (secondary N) is 1. The van der Waals surface area contributed by atoms with Crippen LogP contribution in [0.2, 0.25) is 0 Å². The molecule has 0 aromatic carbocycles. The molecular weight excluding hydrogens is 190 g/mol. The van der Waals surface area contributed by atoms with Crippen LogP contribution >= 0.6 is 0 Å². The van der Waals surface area contributed by atoms with Crippen LogP contribution in [0.25, 0.3) is 11.5 Å². The number of furan rings is 1. The smallest absolute Gasteiger partial charge is 0.154 e. The second-order valence-corrected chi connectivity index (χ2v) is 3.82. The maximum Gasteiger partial charge on any atom is 0.154 e. The molecule has 0 fully saturated rings. The number of aryl methyl sites for hydroxylation is 1. The van der Waals surface area contributed by atoms with E-state index in [0.29, 0.717) is 0 Å². The van der Waals surface area contributed by atoms with E-state index in [9.17, 15) is 0 Å². The first kappa shape index (κ1) is 9.98. The number of nitrogens with zero attached hydrogens (tertiary/aromatic N) is 1. The number of aromatic nitrogens is 2. The highest BCUT2D eigenvalue weighted by molar-refractivity contribution is 5.55. The molecule has 0 spiro atoms. The summed E-state index contributed by atoms with van der Waals surface area (Å²) in [5.74, 6) is 1.70. The van der Waals surface area contributed by atoms with E-state index in [0.717, 1.165) is 29.4 Å². The van der Waals surface area contributed by atoms with E-state index in [1.807, 2.05) is 26.0 Å². The average Bonchev–Trinajstić information content (AvgIpc) is 2.72. The van der Waals surface area contributed by atoms with Crippen LogP contribution in [0.5, 0.6) is 0 Å². The lowest BCUT2D eigenvalue weighted by atomic mass is 10.2. The second kappa shape index (κ2) is 3.90. The molecule has 0 saturated heterocycles. The number of H-pyrrole nitrogens is 1. The summed E-state index contributed by atoms with van der Waals surface area (Å²) in [5.41, 5.74) is 7.60. The molecule has 4 heteroatoms. The Morgan fingerprint density at radius 1 is 1.60 bits per heavy atom. The number of imidazole rings is 1. The topological polar surface area (TPSA) is 67.8 Å². The molecule has 0 radical (unpaired) electrons. The third kappa shape index (κ3) is 2.10. The highest BCUT2D eigenvalue weighted by Crippen LogP contribution is 2.21. The van der Waals surface area contributed by atoms with Crippen LogP contribution in [-0.2, 0) is 6.42 Å². The number of rotatable bonds is 3. The minimum absolute atomic E-state index is 0.111. The van der Waals surface area contributed by atoms with Crippen LogP contribution in [0, 0.1) is 6.92 Å². The van der Waals surface area contributed by atoms with Gasteiger partial charge in [0, 0.05) is 18.2 Å². The summed E-state index contributed by atoms with van der Waals surface area (Å²) in [4.78, 5) is 7.68. The Morgan fingerprint density at radius 2 is 2.40 bits per heavy atom. The van der Waals surface area contributed by atoms with Crippen LogP contribution in [0.4, 0.5) is 0 Å². The first-order valence-electron chi connectivity index (χ1n) is 5.01. The number of hydrogen-bond acceptors (Lipinski definition) is 3. The Balaban J connectivity index is 2.30.